The summed E-state index contributed by atoms with van der Waals surface area (Å²) in [5.41, 5.74) is 1.89. The lowest BCUT2D eigenvalue weighted by atomic mass is 10.2. The summed E-state index contributed by atoms with van der Waals surface area (Å²) in [7, 11) is 0. The van der Waals surface area contributed by atoms with Crippen LogP contribution in [0.1, 0.15) is 35.1 Å². The van der Waals surface area contributed by atoms with Gasteiger partial charge in [0.05, 0.1) is 22.6 Å². The molecule has 3 N–H and O–H groups in total. The first kappa shape index (κ1) is 10.3. The fourth-order valence-corrected chi connectivity index (χ4v) is 2.25. The summed E-state index contributed by atoms with van der Waals surface area (Å²) in [4.78, 5) is 18.5. The van der Waals surface area contributed by atoms with E-state index in [1.807, 2.05) is 0 Å². The van der Waals surface area contributed by atoms with E-state index in [9.17, 15) is 4.79 Å². The predicted molar refractivity (Wildman–Crippen MR) is 63.0 cm³/mol. The molecule has 0 amide bonds. The van der Waals surface area contributed by atoms with Crippen LogP contribution in [0.25, 0.3) is 11.0 Å². The number of hydrogen-bond acceptors (Lipinski definition) is 3. The van der Waals surface area contributed by atoms with Gasteiger partial charge in [0.25, 0.3) is 0 Å². The van der Waals surface area contributed by atoms with Crippen molar-refractivity contribution in [2.45, 2.75) is 18.9 Å². The van der Waals surface area contributed by atoms with Crippen LogP contribution in [-0.2, 0) is 0 Å². The monoisotopic (exact) mass is 231 g/mol. The molecule has 88 valence electrons. The number of rotatable bonds is 2. The smallest absolute Gasteiger partial charge is 0.335 e. The molecule has 17 heavy (non-hydrogen) atoms. The van der Waals surface area contributed by atoms with Gasteiger partial charge in [-0.05, 0) is 37.6 Å². The third kappa shape index (κ3) is 1.78. The van der Waals surface area contributed by atoms with Gasteiger partial charge in [-0.3, -0.25) is 0 Å². The van der Waals surface area contributed by atoms with Crippen molar-refractivity contribution in [1.29, 1.82) is 0 Å². The van der Waals surface area contributed by atoms with Gasteiger partial charge in [-0.15, -0.1) is 0 Å². The average molecular weight is 231 g/mol. The van der Waals surface area contributed by atoms with Crippen LogP contribution < -0.4 is 5.32 Å². The largest absolute Gasteiger partial charge is 0.478 e. The number of H-pyrrole nitrogens is 1. The zero-order valence-corrected chi connectivity index (χ0v) is 9.23. The van der Waals surface area contributed by atoms with E-state index in [0.717, 1.165) is 36.2 Å². The number of carboxylic acid groups (broad SMARTS) is 1. The van der Waals surface area contributed by atoms with Crippen LogP contribution in [0.15, 0.2) is 18.2 Å². The van der Waals surface area contributed by atoms with E-state index < -0.39 is 5.97 Å². The number of carbonyl (C=O) groups is 1. The molecule has 2 aromatic rings. The van der Waals surface area contributed by atoms with Gasteiger partial charge in [0, 0.05) is 0 Å². The van der Waals surface area contributed by atoms with Crippen LogP contribution in [0.5, 0.6) is 0 Å². The molecule has 1 unspecified atom stereocenters. The van der Waals surface area contributed by atoms with Crippen LogP contribution in [0.3, 0.4) is 0 Å². The van der Waals surface area contributed by atoms with Crippen molar-refractivity contribution in [2.24, 2.45) is 0 Å². The molecular formula is C12H13N3O2. The van der Waals surface area contributed by atoms with E-state index in [2.05, 4.69) is 15.3 Å². The second kappa shape index (κ2) is 3.85. The Kier molecular flexibility index (Phi) is 2.33. The SMILES string of the molecule is O=C(O)c1ccc2nc(C3CCCN3)[nH]c2c1. The molecule has 1 aliphatic rings. The number of aromatic amines is 1. The highest BCUT2D eigenvalue weighted by atomic mass is 16.4. The molecule has 1 atom stereocenters. The Hall–Kier alpha value is -1.88. The lowest BCUT2D eigenvalue weighted by Crippen LogP contribution is -2.13. The summed E-state index contributed by atoms with van der Waals surface area (Å²) < 4.78 is 0. The second-order valence-corrected chi connectivity index (χ2v) is 4.31. The third-order valence-electron chi connectivity index (χ3n) is 3.14. The van der Waals surface area contributed by atoms with Crippen LogP contribution in [0.2, 0.25) is 0 Å². The number of hydrogen-bond donors (Lipinski definition) is 3. The van der Waals surface area contributed by atoms with Crippen molar-refractivity contribution < 1.29 is 9.90 Å². The van der Waals surface area contributed by atoms with Crippen LogP contribution in [0.4, 0.5) is 0 Å². The lowest BCUT2D eigenvalue weighted by molar-refractivity contribution is 0.0697. The first-order chi connectivity index (χ1) is 8.24. The number of imidazole rings is 1. The van der Waals surface area contributed by atoms with E-state index >= 15 is 0 Å². The van der Waals surface area contributed by atoms with Crippen molar-refractivity contribution in [3.63, 3.8) is 0 Å². The molecule has 1 aromatic carbocycles. The highest BCUT2D eigenvalue weighted by Gasteiger charge is 2.19. The molecule has 0 bridgehead atoms. The normalized spacial score (nSPS) is 19.9. The van der Waals surface area contributed by atoms with Gasteiger partial charge in [0.1, 0.15) is 5.82 Å². The molecule has 1 aliphatic heterocycles. The highest BCUT2D eigenvalue weighted by Crippen LogP contribution is 2.23. The van der Waals surface area contributed by atoms with Gasteiger partial charge in [0.15, 0.2) is 0 Å². The van der Waals surface area contributed by atoms with E-state index in [0.29, 0.717) is 0 Å². The van der Waals surface area contributed by atoms with Gasteiger partial charge < -0.3 is 15.4 Å². The molecule has 1 saturated heterocycles. The highest BCUT2D eigenvalue weighted by molar-refractivity contribution is 5.92. The van der Waals surface area contributed by atoms with E-state index in [4.69, 9.17) is 5.11 Å². The van der Waals surface area contributed by atoms with Crippen LogP contribution in [-0.4, -0.2) is 27.6 Å². The van der Waals surface area contributed by atoms with Crippen LogP contribution >= 0.6 is 0 Å². The van der Waals surface area contributed by atoms with Gasteiger partial charge >= 0.3 is 5.97 Å². The Morgan fingerprint density at radius 1 is 1.47 bits per heavy atom. The number of benzene rings is 1. The maximum atomic E-state index is 10.9. The summed E-state index contributed by atoms with van der Waals surface area (Å²) in [6, 6.07) is 5.23. The van der Waals surface area contributed by atoms with Gasteiger partial charge in [0.2, 0.25) is 0 Å². The molecule has 5 nitrogen and oxygen atoms in total. The molecule has 0 saturated carbocycles. The van der Waals surface area contributed by atoms with E-state index in [1.165, 1.54) is 0 Å². The molecule has 0 spiro atoms. The molecule has 2 heterocycles. The van der Waals surface area contributed by atoms with E-state index in [1.54, 1.807) is 18.2 Å². The summed E-state index contributed by atoms with van der Waals surface area (Å²) in [5.74, 6) is -0.0120. The average Bonchev–Trinajstić information content (AvgIpc) is 2.96. The van der Waals surface area contributed by atoms with Crippen molar-refractivity contribution in [3.8, 4) is 0 Å². The minimum Gasteiger partial charge on any atom is -0.478 e. The minimum atomic E-state index is -0.915. The van der Waals surface area contributed by atoms with Gasteiger partial charge in [-0.25, -0.2) is 9.78 Å². The summed E-state index contributed by atoms with van der Waals surface area (Å²) in [6.45, 7) is 1.02. The van der Waals surface area contributed by atoms with Crippen molar-refractivity contribution in [1.82, 2.24) is 15.3 Å². The predicted octanol–water partition coefficient (Wildman–Crippen LogP) is 1.69. The molecule has 1 aromatic heterocycles. The summed E-state index contributed by atoms with van der Waals surface area (Å²) in [6.07, 6.45) is 2.23. The Labute approximate surface area is 97.9 Å². The maximum absolute atomic E-state index is 10.9. The second-order valence-electron chi connectivity index (χ2n) is 4.31. The lowest BCUT2D eigenvalue weighted by Gasteiger charge is -2.04. The first-order valence-corrected chi connectivity index (χ1v) is 5.70. The fraction of sp³-hybridized carbons (Fsp3) is 0.333. The van der Waals surface area contributed by atoms with Crippen LogP contribution in [0, 0.1) is 0 Å². The maximum Gasteiger partial charge on any atom is 0.335 e. The van der Waals surface area contributed by atoms with Crippen molar-refractivity contribution >= 4 is 17.0 Å². The molecule has 5 heteroatoms. The number of fused-ring (bicyclic) bond motifs is 1. The summed E-state index contributed by atoms with van der Waals surface area (Å²) >= 11 is 0. The standard InChI is InChI=1S/C12H13N3O2/c16-12(17)7-3-4-8-10(6-7)15-11(14-8)9-2-1-5-13-9/h3-4,6,9,13H,1-2,5H2,(H,14,15)(H,16,17). The molecule has 0 aliphatic carbocycles. The number of nitrogens with zero attached hydrogens (tertiary/aromatic N) is 1. The zero-order chi connectivity index (χ0) is 11.8. The number of carboxylic acids is 1. The third-order valence-corrected chi connectivity index (χ3v) is 3.14. The van der Waals surface area contributed by atoms with Gasteiger partial charge in [-0.2, -0.15) is 0 Å². The first-order valence-electron chi connectivity index (χ1n) is 5.70. The summed E-state index contributed by atoms with van der Waals surface area (Å²) in [5, 5.41) is 12.3. The Morgan fingerprint density at radius 2 is 2.35 bits per heavy atom. The Balaban J connectivity index is 2.03. The Bertz CT molecular complexity index is 570. The quantitative estimate of drug-likeness (QED) is 0.735. The number of aromatic carboxylic acids is 1. The van der Waals surface area contributed by atoms with Crippen molar-refractivity contribution in [2.75, 3.05) is 6.54 Å². The van der Waals surface area contributed by atoms with Gasteiger partial charge in [-0.1, -0.05) is 0 Å². The molecule has 3 rings (SSSR count). The molecule has 1 fully saturated rings. The molecule has 0 radical (unpaired) electrons. The zero-order valence-electron chi connectivity index (χ0n) is 9.23. The topological polar surface area (TPSA) is 78.0 Å². The Morgan fingerprint density at radius 3 is 3.06 bits per heavy atom. The molecular weight excluding hydrogens is 218 g/mol. The number of aromatic nitrogens is 2. The minimum absolute atomic E-state index is 0.274. The van der Waals surface area contributed by atoms with E-state index in [-0.39, 0.29) is 11.6 Å². The number of nitrogens with one attached hydrogen (secondary N) is 2. The fourth-order valence-electron chi connectivity index (χ4n) is 2.25. The van der Waals surface area contributed by atoms with Crippen molar-refractivity contribution in [3.05, 3.63) is 29.6 Å².